The summed E-state index contributed by atoms with van der Waals surface area (Å²) in [7, 11) is 0. The molecule has 0 radical (unpaired) electrons. The lowest BCUT2D eigenvalue weighted by atomic mass is 9.48. The van der Waals surface area contributed by atoms with Crippen LogP contribution in [0.5, 0.6) is 0 Å². The van der Waals surface area contributed by atoms with Crippen LogP contribution in [0, 0.1) is 35.0 Å². The van der Waals surface area contributed by atoms with Crippen molar-refractivity contribution < 1.29 is 19.4 Å². The molecule has 0 unspecified atom stereocenters. The Balaban J connectivity index is 1.44. The molecule has 150 valence electrons. The van der Waals surface area contributed by atoms with Crippen LogP contribution in [0.4, 0.5) is 0 Å². The van der Waals surface area contributed by atoms with E-state index in [-0.39, 0.29) is 30.3 Å². The molecule has 4 aliphatic rings. The van der Waals surface area contributed by atoms with Crippen LogP contribution in [-0.2, 0) is 14.3 Å². The van der Waals surface area contributed by atoms with Gasteiger partial charge in [-0.25, -0.2) is 0 Å². The number of esters is 1. The number of ether oxygens (including phenoxy) is 1. The first-order chi connectivity index (χ1) is 12.8. The lowest BCUT2D eigenvalue weighted by Crippen LogP contribution is -2.49. The van der Waals surface area contributed by atoms with Gasteiger partial charge in [0, 0.05) is 6.42 Å². The monoisotopic (exact) mass is 373 g/mol. The zero-order chi connectivity index (χ0) is 19.2. The Morgan fingerprint density at radius 2 is 2.00 bits per heavy atom. The summed E-state index contributed by atoms with van der Waals surface area (Å²) in [6, 6.07) is 0. The molecule has 27 heavy (non-hydrogen) atoms. The van der Waals surface area contributed by atoms with E-state index in [1.54, 1.807) is 0 Å². The SMILES string of the molecule is C[C@@]12[CH-]CC[C@H]1[C@@H]1CC=C3C[C@@H](OC(=O)CCC(=O)O)CC[C@]3(C)[C@H]1CC2. The summed E-state index contributed by atoms with van der Waals surface area (Å²) in [5.41, 5.74) is 2.22. The van der Waals surface area contributed by atoms with Gasteiger partial charge in [0.1, 0.15) is 6.10 Å². The minimum atomic E-state index is -0.947. The normalized spacial score (nSPS) is 43.1. The fourth-order valence-electron chi connectivity index (χ4n) is 6.92. The van der Waals surface area contributed by atoms with Crippen molar-refractivity contribution in [3.8, 4) is 0 Å². The largest absolute Gasteiger partial charge is 0.481 e. The van der Waals surface area contributed by atoms with E-state index in [0.29, 0.717) is 5.41 Å². The average molecular weight is 374 g/mol. The first-order valence-corrected chi connectivity index (χ1v) is 10.8. The molecule has 4 heteroatoms. The molecule has 0 heterocycles. The highest BCUT2D eigenvalue weighted by Gasteiger charge is 2.53. The van der Waals surface area contributed by atoms with Crippen LogP contribution in [0.2, 0.25) is 0 Å². The third-order valence-corrected chi connectivity index (χ3v) is 8.43. The standard InChI is InChI=1S/C23H33O4/c1-22-11-3-4-18(22)17-6-5-15-14-16(27-21(26)8-7-20(24)25)9-13-23(15,2)19(17)10-12-22/h5,11,16-19H,3-4,6-10,12-14H2,1-2H3,(H,24,25)/q-1/t16-,17-,18-,19-,22-,23-/m0/s1. The van der Waals surface area contributed by atoms with Crippen molar-refractivity contribution in [1.29, 1.82) is 0 Å². The van der Waals surface area contributed by atoms with E-state index in [1.807, 2.05) is 0 Å². The third-order valence-electron chi connectivity index (χ3n) is 8.43. The van der Waals surface area contributed by atoms with E-state index in [2.05, 4.69) is 26.3 Å². The third kappa shape index (κ3) is 3.34. The lowest BCUT2D eigenvalue weighted by Gasteiger charge is -2.59. The molecular weight excluding hydrogens is 340 g/mol. The molecule has 3 saturated carbocycles. The van der Waals surface area contributed by atoms with E-state index in [1.165, 1.54) is 37.7 Å². The number of fused-ring (bicyclic) bond motifs is 5. The highest BCUT2D eigenvalue weighted by Crippen LogP contribution is 2.64. The Bertz CT molecular complexity index is 653. The van der Waals surface area contributed by atoms with Gasteiger partial charge in [0.25, 0.3) is 0 Å². The number of carboxylic acid groups (broad SMARTS) is 1. The number of carboxylic acids is 1. The number of carbonyl (C=O) groups excluding carboxylic acids is 1. The lowest BCUT2D eigenvalue weighted by molar-refractivity contribution is -0.154. The number of hydrogen-bond donors (Lipinski definition) is 1. The fourth-order valence-corrected chi connectivity index (χ4v) is 6.92. The van der Waals surface area contributed by atoms with Gasteiger partial charge in [0.05, 0.1) is 12.8 Å². The topological polar surface area (TPSA) is 63.6 Å². The molecule has 6 atom stereocenters. The smallest absolute Gasteiger partial charge is 0.306 e. The van der Waals surface area contributed by atoms with Crippen molar-refractivity contribution in [1.82, 2.24) is 0 Å². The Kier molecular flexibility index (Phi) is 4.88. The van der Waals surface area contributed by atoms with Gasteiger partial charge in [-0.15, -0.1) is 0 Å². The molecule has 0 bridgehead atoms. The first kappa shape index (κ1) is 19.0. The second-order valence-electron chi connectivity index (χ2n) is 9.83. The number of aliphatic carboxylic acids is 1. The average Bonchev–Trinajstić information content (AvgIpc) is 3.02. The van der Waals surface area contributed by atoms with Gasteiger partial charge in [0.15, 0.2) is 0 Å². The number of rotatable bonds is 4. The molecule has 0 amide bonds. The van der Waals surface area contributed by atoms with Crippen molar-refractivity contribution in [2.75, 3.05) is 0 Å². The maximum absolute atomic E-state index is 11.9. The zero-order valence-electron chi connectivity index (χ0n) is 16.7. The molecule has 0 spiro atoms. The molecule has 4 rings (SSSR count). The molecule has 0 aromatic carbocycles. The van der Waals surface area contributed by atoms with Crippen molar-refractivity contribution in [3.63, 3.8) is 0 Å². The van der Waals surface area contributed by atoms with Gasteiger partial charge in [-0.2, -0.15) is 11.8 Å². The molecule has 0 aliphatic heterocycles. The highest BCUT2D eigenvalue weighted by molar-refractivity contribution is 5.76. The summed E-state index contributed by atoms with van der Waals surface area (Å²) in [6.45, 7) is 4.94. The van der Waals surface area contributed by atoms with Crippen LogP contribution in [0.1, 0.15) is 78.1 Å². The zero-order valence-corrected chi connectivity index (χ0v) is 16.7. The molecule has 4 nitrogen and oxygen atoms in total. The molecule has 0 aromatic rings. The van der Waals surface area contributed by atoms with Crippen LogP contribution >= 0.6 is 0 Å². The quantitative estimate of drug-likeness (QED) is 0.431. The van der Waals surface area contributed by atoms with Crippen molar-refractivity contribution in [2.24, 2.45) is 28.6 Å². The minimum absolute atomic E-state index is 0.0242. The van der Waals surface area contributed by atoms with Gasteiger partial charge in [0.2, 0.25) is 0 Å². The van der Waals surface area contributed by atoms with Crippen molar-refractivity contribution >= 4 is 11.9 Å². The Hall–Kier alpha value is -1.32. The second kappa shape index (κ2) is 6.93. The van der Waals surface area contributed by atoms with Gasteiger partial charge < -0.3 is 16.3 Å². The molecule has 1 N–H and O–H groups in total. The van der Waals surface area contributed by atoms with Crippen LogP contribution in [-0.4, -0.2) is 23.1 Å². The van der Waals surface area contributed by atoms with Gasteiger partial charge >= 0.3 is 11.9 Å². The number of allylic oxidation sites excluding steroid dienone is 1. The van der Waals surface area contributed by atoms with E-state index >= 15 is 0 Å². The van der Waals surface area contributed by atoms with Gasteiger partial charge in [-0.3, -0.25) is 9.59 Å². The van der Waals surface area contributed by atoms with Crippen LogP contribution < -0.4 is 0 Å². The van der Waals surface area contributed by atoms with E-state index in [9.17, 15) is 9.59 Å². The predicted octanol–water partition coefficient (Wildman–Crippen LogP) is 4.93. The van der Waals surface area contributed by atoms with E-state index in [0.717, 1.165) is 37.0 Å². The number of hydrogen-bond acceptors (Lipinski definition) is 3. The molecule has 0 aromatic heterocycles. The molecular formula is C23H33O4-. The van der Waals surface area contributed by atoms with E-state index < -0.39 is 5.97 Å². The Morgan fingerprint density at radius 1 is 1.19 bits per heavy atom. The van der Waals surface area contributed by atoms with Crippen LogP contribution in [0.3, 0.4) is 0 Å². The van der Waals surface area contributed by atoms with Crippen molar-refractivity contribution in [2.45, 2.75) is 84.2 Å². The van der Waals surface area contributed by atoms with Crippen LogP contribution in [0.15, 0.2) is 11.6 Å². The Morgan fingerprint density at radius 3 is 2.78 bits per heavy atom. The predicted molar refractivity (Wildman–Crippen MR) is 103 cm³/mol. The number of carbonyl (C=O) groups is 2. The van der Waals surface area contributed by atoms with Crippen molar-refractivity contribution in [3.05, 3.63) is 18.1 Å². The maximum atomic E-state index is 11.9. The minimum Gasteiger partial charge on any atom is -0.481 e. The second-order valence-corrected chi connectivity index (χ2v) is 9.83. The van der Waals surface area contributed by atoms with Crippen LogP contribution in [0.25, 0.3) is 0 Å². The Labute approximate surface area is 162 Å². The van der Waals surface area contributed by atoms with Gasteiger partial charge in [-0.1, -0.05) is 50.7 Å². The first-order valence-electron chi connectivity index (χ1n) is 10.8. The summed E-state index contributed by atoms with van der Waals surface area (Å²) in [4.78, 5) is 22.6. The summed E-state index contributed by atoms with van der Waals surface area (Å²) < 4.78 is 5.61. The molecule has 4 aliphatic carbocycles. The molecule has 0 saturated heterocycles. The summed E-state index contributed by atoms with van der Waals surface area (Å²) in [5, 5.41) is 8.73. The summed E-state index contributed by atoms with van der Waals surface area (Å²) >= 11 is 0. The molecule has 3 fully saturated rings. The van der Waals surface area contributed by atoms with E-state index in [4.69, 9.17) is 9.84 Å². The highest BCUT2D eigenvalue weighted by atomic mass is 16.5. The maximum Gasteiger partial charge on any atom is 0.306 e. The summed E-state index contributed by atoms with van der Waals surface area (Å²) in [5.74, 6) is 1.11. The fraction of sp³-hybridized carbons (Fsp3) is 0.783. The van der Waals surface area contributed by atoms with Gasteiger partial charge in [-0.05, 0) is 36.5 Å². The summed E-state index contributed by atoms with van der Waals surface area (Å²) in [6.07, 6.45) is 14.1.